The first-order chi connectivity index (χ1) is 14.4. The molecule has 148 valence electrons. The first kappa shape index (κ1) is 19.1. The van der Waals surface area contributed by atoms with Crippen molar-refractivity contribution in [1.29, 1.82) is 0 Å². The Morgan fingerprint density at radius 3 is 2.47 bits per heavy atom. The molecule has 1 heterocycles. The number of carbonyl (C=O) groups excluding carboxylic acids is 1. The van der Waals surface area contributed by atoms with Gasteiger partial charge in [0.05, 0.1) is 11.1 Å². The van der Waals surface area contributed by atoms with Crippen molar-refractivity contribution in [3.63, 3.8) is 0 Å². The molecule has 0 aliphatic heterocycles. The molecule has 0 spiro atoms. The number of hydrogen-bond acceptors (Lipinski definition) is 4. The van der Waals surface area contributed by atoms with Crippen LogP contribution in [0.5, 0.6) is 0 Å². The number of para-hydroxylation sites is 1. The van der Waals surface area contributed by atoms with E-state index >= 15 is 0 Å². The summed E-state index contributed by atoms with van der Waals surface area (Å²) in [5.41, 5.74) is 2.62. The Bertz CT molecular complexity index is 1350. The Labute approximate surface area is 171 Å². The Morgan fingerprint density at radius 2 is 1.70 bits per heavy atom. The summed E-state index contributed by atoms with van der Waals surface area (Å²) in [5, 5.41) is 12.6. The van der Waals surface area contributed by atoms with Crippen molar-refractivity contribution in [2.45, 2.75) is 6.92 Å². The molecule has 0 fully saturated rings. The number of carboxylic acid groups (broad SMARTS) is 1. The summed E-state index contributed by atoms with van der Waals surface area (Å²) < 4.78 is 5.39. The lowest BCUT2D eigenvalue weighted by Crippen LogP contribution is -2.13. The fraction of sp³-hybridized carbons (Fsp3) is 0.0417. The summed E-state index contributed by atoms with van der Waals surface area (Å²) in [7, 11) is 0. The fourth-order valence-corrected chi connectivity index (χ4v) is 3.22. The number of amides is 1. The van der Waals surface area contributed by atoms with Crippen LogP contribution < -0.4 is 10.9 Å². The normalized spacial score (nSPS) is 10.7. The number of benzene rings is 3. The average Bonchev–Trinajstić information content (AvgIpc) is 2.74. The van der Waals surface area contributed by atoms with Crippen LogP contribution in [0.2, 0.25) is 0 Å². The van der Waals surface area contributed by atoms with Crippen LogP contribution in [0.4, 0.5) is 5.69 Å². The molecule has 3 aromatic carbocycles. The lowest BCUT2D eigenvalue weighted by molar-refractivity contribution is 0.0696. The van der Waals surface area contributed by atoms with Crippen molar-refractivity contribution >= 4 is 28.5 Å². The second-order valence-corrected chi connectivity index (χ2v) is 6.86. The van der Waals surface area contributed by atoms with E-state index in [1.54, 1.807) is 55.5 Å². The molecule has 0 bridgehead atoms. The number of aromatic carboxylic acids is 1. The molecule has 4 rings (SSSR count). The highest BCUT2D eigenvalue weighted by atomic mass is 16.4. The molecule has 6 nitrogen and oxygen atoms in total. The molecule has 2 N–H and O–H groups in total. The smallest absolute Gasteiger partial charge is 0.344 e. The van der Waals surface area contributed by atoms with E-state index in [2.05, 4.69) is 5.32 Å². The van der Waals surface area contributed by atoms with Crippen LogP contribution in [0.3, 0.4) is 0 Å². The van der Waals surface area contributed by atoms with Gasteiger partial charge in [0.25, 0.3) is 5.91 Å². The van der Waals surface area contributed by atoms with E-state index in [1.165, 1.54) is 12.1 Å². The van der Waals surface area contributed by atoms with E-state index in [0.29, 0.717) is 33.5 Å². The van der Waals surface area contributed by atoms with Crippen molar-refractivity contribution in [1.82, 2.24) is 0 Å². The third-order valence-corrected chi connectivity index (χ3v) is 4.80. The summed E-state index contributed by atoms with van der Waals surface area (Å²) in [6.45, 7) is 1.72. The minimum absolute atomic E-state index is 0.149. The molecule has 30 heavy (non-hydrogen) atoms. The van der Waals surface area contributed by atoms with E-state index < -0.39 is 11.6 Å². The largest absolute Gasteiger partial charge is 0.478 e. The van der Waals surface area contributed by atoms with Crippen LogP contribution in [-0.4, -0.2) is 17.0 Å². The number of anilines is 1. The number of nitrogens with one attached hydrogen (secondary N) is 1. The first-order valence-electron chi connectivity index (χ1n) is 9.21. The number of carbonyl (C=O) groups is 2. The van der Waals surface area contributed by atoms with Crippen molar-refractivity contribution in [2.24, 2.45) is 0 Å². The zero-order valence-electron chi connectivity index (χ0n) is 16.0. The van der Waals surface area contributed by atoms with Gasteiger partial charge in [0.1, 0.15) is 5.58 Å². The van der Waals surface area contributed by atoms with Crippen molar-refractivity contribution in [3.05, 3.63) is 99.9 Å². The SMILES string of the molecule is Cc1cc(C(=O)O)ccc1NC(=O)c1cccc(-c2cc3ccccc3oc2=O)c1. The lowest BCUT2D eigenvalue weighted by atomic mass is 10.0. The van der Waals surface area contributed by atoms with E-state index in [-0.39, 0.29) is 11.5 Å². The van der Waals surface area contributed by atoms with Gasteiger partial charge in [-0.2, -0.15) is 0 Å². The molecule has 0 saturated carbocycles. The fourth-order valence-electron chi connectivity index (χ4n) is 3.22. The molecule has 1 aromatic heterocycles. The van der Waals surface area contributed by atoms with Crippen LogP contribution in [0.25, 0.3) is 22.1 Å². The van der Waals surface area contributed by atoms with Crippen LogP contribution in [-0.2, 0) is 0 Å². The van der Waals surface area contributed by atoms with Gasteiger partial charge < -0.3 is 14.8 Å². The van der Waals surface area contributed by atoms with Crippen LogP contribution >= 0.6 is 0 Å². The van der Waals surface area contributed by atoms with Crippen molar-refractivity contribution in [2.75, 3.05) is 5.32 Å². The summed E-state index contributed by atoms with van der Waals surface area (Å²) in [4.78, 5) is 36.2. The second-order valence-electron chi connectivity index (χ2n) is 6.86. The molecular weight excluding hydrogens is 382 g/mol. The summed E-state index contributed by atoms with van der Waals surface area (Å²) in [5.74, 6) is -1.40. The molecular formula is C24H17NO5. The third-order valence-electron chi connectivity index (χ3n) is 4.80. The highest BCUT2D eigenvalue weighted by Gasteiger charge is 2.13. The average molecular weight is 399 g/mol. The molecule has 6 heteroatoms. The van der Waals surface area contributed by atoms with Gasteiger partial charge in [0.2, 0.25) is 0 Å². The maximum absolute atomic E-state index is 12.7. The van der Waals surface area contributed by atoms with Gasteiger partial charge in [-0.25, -0.2) is 9.59 Å². The molecule has 0 radical (unpaired) electrons. The zero-order valence-corrected chi connectivity index (χ0v) is 16.0. The van der Waals surface area contributed by atoms with Gasteiger partial charge in [-0.15, -0.1) is 0 Å². The topological polar surface area (TPSA) is 96.6 Å². The predicted molar refractivity (Wildman–Crippen MR) is 114 cm³/mol. The number of aryl methyl sites for hydroxylation is 1. The molecule has 0 saturated heterocycles. The first-order valence-corrected chi connectivity index (χ1v) is 9.21. The molecule has 0 aliphatic rings. The number of hydrogen-bond donors (Lipinski definition) is 2. The lowest BCUT2D eigenvalue weighted by Gasteiger charge is -2.10. The minimum atomic E-state index is -1.03. The highest BCUT2D eigenvalue weighted by Crippen LogP contribution is 2.23. The van der Waals surface area contributed by atoms with Crippen molar-refractivity contribution < 1.29 is 19.1 Å². The van der Waals surface area contributed by atoms with Gasteiger partial charge in [-0.3, -0.25) is 4.79 Å². The molecule has 4 aromatic rings. The number of carboxylic acids is 1. The van der Waals surface area contributed by atoms with E-state index in [0.717, 1.165) is 5.39 Å². The monoisotopic (exact) mass is 399 g/mol. The summed E-state index contributed by atoms with van der Waals surface area (Å²) >= 11 is 0. The van der Waals surface area contributed by atoms with Gasteiger partial charge in [-0.1, -0.05) is 30.3 Å². The van der Waals surface area contributed by atoms with E-state index in [9.17, 15) is 14.4 Å². The highest BCUT2D eigenvalue weighted by molar-refractivity contribution is 6.05. The van der Waals surface area contributed by atoms with Gasteiger partial charge in [-0.05, 0) is 60.5 Å². The van der Waals surface area contributed by atoms with Gasteiger partial charge in [0.15, 0.2) is 0 Å². The quantitative estimate of drug-likeness (QED) is 0.484. The Hall–Kier alpha value is -4.19. The maximum Gasteiger partial charge on any atom is 0.344 e. The Morgan fingerprint density at radius 1 is 0.900 bits per heavy atom. The zero-order chi connectivity index (χ0) is 21.3. The Kier molecular flexibility index (Phi) is 4.90. The van der Waals surface area contributed by atoms with E-state index in [1.807, 2.05) is 12.1 Å². The van der Waals surface area contributed by atoms with Gasteiger partial charge in [0, 0.05) is 16.6 Å². The van der Waals surface area contributed by atoms with Crippen LogP contribution in [0.15, 0.2) is 82.0 Å². The Balaban J connectivity index is 1.65. The number of rotatable bonds is 4. The van der Waals surface area contributed by atoms with E-state index in [4.69, 9.17) is 9.52 Å². The van der Waals surface area contributed by atoms with Gasteiger partial charge >= 0.3 is 11.6 Å². The molecule has 0 unspecified atom stereocenters. The second kappa shape index (κ2) is 7.67. The summed E-state index contributed by atoms with van der Waals surface area (Å²) in [6, 6.07) is 20.1. The standard InChI is InChI=1S/C24H17NO5/c1-14-11-18(23(27)28)9-10-20(14)25-22(26)17-7-4-6-15(12-17)19-13-16-5-2-3-8-21(16)30-24(19)29/h2-13H,1H3,(H,25,26)(H,27,28). The minimum Gasteiger partial charge on any atom is -0.478 e. The van der Waals surface area contributed by atoms with Crippen molar-refractivity contribution in [3.8, 4) is 11.1 Å². The molecule has 0 aliphatic carbocycles. The molecule has 1 amide bonds. The van der Waals surface area contributed by atoms with Crippen LogP contribution in [0.1, 0.15) is 26.3 Å². The van der Waals surface area contributed by atoms with Crippen LogP contribution in [0, 0.1) is 6.92 Å². The summed E-state index contributed by atoms with van der Waals surface area (Å²) in [6.07, 6.45) is 0. The maximum atomic E-state index is 12.7. The molecule has 0 atom stereocenters. The predicted octanol–water partition coefficient (Wildman–Crippen LogP) is 4.72. The third kappa shape index (κ3) is 3.71. The number of fused-ring (bicyclic) bond motifs is 1.